The fourth-order valence-corrected chi connectivity index (χ4v) is 5.42. The number of halogens is 2. The highest BCUT2D eigenvalue weighted by atomic mass is 35.5. The maximum absolute atomic E-state index is 13.3. The summed E-state index contributed by atoms with van der Waals surface area (Å²) in [6.45, 7) is 5.91. The molecule has 0 aromatic heterocycles. The molecule has 2 aliphatic heterocycles. The summed E-state index contributed by atoms with van der Waals surface area (Å²) in [6, 6.07) is 8.03. The molecule has 0 radical (unpaired) electrons. The summed E-state index contributed by atoms with van der Waals surface area (Å²) < 4.78 is 5.22. The lowest BCUT2D eigenvalue weighted by atomic mass is 10.0. The maximum atomic E-state index is 13.3. The molecule has 0 atom stereocenters. The molecule has 7 nitrogen and oxygen atoms in total. The van der Waals surface area contributed by atoms with Gasteiger partial charge < -0.3 is 19.4 Å². The van der Waals surface area contributed by atoms with Crippen molar-refractivity contribution in [1.82, 2.24) is 19.6 Å². The van der Waals surface area contributed by atoms with E-state index in [4.69, 9.17) is 4.74 Å². The van der Waals surface area contributed by atoms with Crippen molar-refractivity contribution >= 4 is 36.6 Å². The quantitative estimate of drug-likeness (QED) is 0.583. The third-order valence-electron chi connectivity index (χ3n) is 7.54. The van der Waals surface area contributed by atoms with Crippen molar-refractivity contribution < 1.29 is 14.3 Å². The highest BCUT2D eigenvalue weighted by Gasteiger charge is 2.32. The zero-order valence-corrected chi connectivity index (χ0v) is 22.1. The predicted octanol–water partition coefficient (Wildman–Crippen LogP) is 3.16. The molecule has 3 aliphatic rings. The van der Waals surface area contributed by atoms with Crippen molar-refractivity contribution in [1.29, 1.82) is 0 Å². The number of ether oxygens (including phenoxy) is 1. The minimum Gasteiger partial charge on any atom is -0.497 e. The second-order valence-electron chi connectivity index (χ2n) is 9.55. The average molecular weight is 516 g/mol. The first-order valence-corrected chi connectivity index (χ1v) is 12.2. The number of hydrogen-bond donors (Lipinski definition) is 0. The van der Waals surface area contributed by atoms with E-state index in [0.29, 0.717) is 11.6 Å². The Hall–Kier alpha value is -1.54. The fraction of sp³-hybridized carbons (Fsp3) is 0.680. The van der Waals surface area contributed by atoms with Crippen LogP contribution in [0.15, 0.2) is 24.3 Å². The van der Waals surface area contributed by atoms with Crippen LogP contribution in [0.25, 0.3) is 0 Å². The lowest BCUT2D eigenvalue weighted by Gasteiger charge is -2.42. The Bertz CT molecular complexity index is 773. The van der Waals surface area contributed by atoms with Crippen LogP contribution in [-0.4, -0.2) is 103 Å². The Morgan fingerprint density at radius 3 is 2.06 bits per heavy atom. The number of amides is 2. The summed E-state index contributed by atoms with van der Waals surface area (Å²) in [4.78, 5) is 35.3. The first-order chi connectivity index (χ1) is 15.5. The summed E-state index contributed by atoms with van der Waals surface area (Å²) in [5.74, 6) is 0.771. The standard InChI is InChI=1S/C25H38N4O3.2ClH/c1-26-13-11-21(12-14-26)27-15-17-28(18-16-27)24(30)19-29(22-5-3-4-6-22)25(31)20-7-9-23(32-2)10-8-20;;/h7-10,21-22H,3-6,11-19H2,1-2H3;2*1H. The van der Waals surface area contributed by atoms with Crippen molar-refractivity contribution in [3.63, 3.8) is 0 Å². The minimum absolute atomic E-state index is 0. The van der Waals surface area contributed by atoms with E-state index in [1.165, 1.54) is 12.8 Å². The Labute approximate surface area is 216 Å². The number of benzene rings is 1. The molecule has 9 heteroatoms. The van der Waals surface area contributed by atoms with Gasteiger partial charge in [0.15, 0.2) is 0 Å². The monoisotopic (exact) mass is 514 g/mol. The fourth-order valence-electron chi connectivity index (χ4n) is 5.42. The van der Waals surface area contributed by atoms with Gasteiger partial charge in [-0.2, -0.15) is 0 Å². The molecule has 1 saturated carbocycles. The van der Waals surface area contributed by atoms with E-state index >= 15 is 0 Å². The van der Waals surface area contributed by atoms with Gasteiger partial charge in [0, 0.05) is 43.8 Å². The van der Waals surface area contributed by atoms with Crippen LogP contribution >= 0.6 is 24.8 Å². The van der Waals surface area contributed by atoms with Crippen molar-refractivity contribution in [3.8, 4) is 5.75 Å². The van der Waals surface area contributed by atoms with E-state index in [0.717, 1.165) is 70.7 Å². The molecule has 0 spiro atoms. The number of rotatable bonds is 6. The van der Waals surface area contributed by atoms with Crippen molar-refractivity contribution in [3.05, 3.63) is 29.8 Å². The lowest BCUT2D eigenvalue weighted by molar-refractivity contribution is -0.134. The molecule has 0 N–H and O–H groups in total. The van der Waals surface area contributed by atoms with Crippen LogP contribution in [-0.2, 0) is 4.79 Å². The number of carbonyl (C=O) groups is 2. The van der Waals surface area contributed by atoms with Gasteiger partial charge in [-0.3, -0.25) is 14.5 Å². The van der Waals surface area contributed by atoms with E-state index in [1.54, 1.807) is 19.2 Å². The maximum Gasteiger partial charge on any atom is 0.254 e. The molecule has 2 amide bonds. The van der Waals surface area contributed by atoms with Gasteiger partial charge in [-0.1, -0.05) is 12.8 Å². The number of piperidine rings is 1. The van der Waals surface area contributed by atoms with Gasteiger partial charge in [0.25, 0.3) is 5.91 Å². The van der Waals surface area contributed by atoms with Crippen LogP contribution < -0.4 is 4.74 Å². The molecule has 2 heterocycles. The molecular formula is C25H40Cl2N4O3. The van der Waals surface area contributed by atoms with Crippen molar-refractivity contribution in [2.24, 2.45) is 0 Å². The molecule has 34 heavy (non-hydrogen) atoms. The molecule has 192 valence electrons. The topological polar surface area (TPSA) is 56.3 Å². The third-order valence-corrected chi connectivity index (χ3v) is 7.54. The van der Waals surface area contributed by atoms with E-state index in [9.17, 15) is 9.59 Å². The molecule has 1 aromatic carbocycles. The molecule has 3 fully saturated rings. The van der Waals surface area contributed by atoms with Crippen LogP contribution in [0.5, 0.6) is 5.75 Å². The Morgan fingerprint density at radius 2 is 1.50 bits per heavy atom. The molecule has 1 aromatic rings. The van der Waals surface area contributed by atoms with Crippen LogP contribution in [0.3, 0.4) is 0 Å². The van der Waals surface area contributed by atoms with E-state index in [-0.39, 0.29) is 49.2 Å². The summed E-state index contributed by atoms with van der Waals surface area (Å²) in [5, 5.41) is 0. The van der Waals surface area contributed by atoms with Crippen LogP contribution in [0.1, 0.15) is 48.9 Å². The van der Waals surface area contributed by atoms with E-state index in [1.807, 2.05) is 21.9 Å². The number of likely N-dealkylation sites (tertiary alicyclic amines) is 1. The van der Waals surface area contributed by atoms with Gasteiger partial charge in [-0.05, 0) is 70.1 Å². The lowest BCUT2D eigenvalue weighted by Crippen LogP contribution is -2.56. The van der Waals surface area contributed by atoms with Crippen molar-refractivity contribution in [2.75, 3.05) is 60.0 Å². The molecule has 0 bridgehead atoms. The summed E-state index contributed by atoms with van der Waals surface area (Å²) in [5.41, 5.74) is 0.623. The van der Waals surface area contributed by atoms with Gasteiger partial charge in [-0.25, -0.2) is 0 Å². The number of carbonyl (C=O) groups excluding carboxylic acids is 2. The number of piperazine rings is 1. The van der Waals surface area contributed by atoms with Gasteiger partial charge in [0.2, 0.25) is 5.91 Å². The summed E-state index contributed by atoms with van der Waals surface area (Å²) >= 11 is 0. The molecule has 0 unspecified atom stereocenters. The van der Waals surface area contributed by atoms with Crippen LogP contribution in [0.2, 0.25) is 0 Å². The van der Waals surface area contributed by atoms with Crippen LogP contribution in [0.4, 0.5) is 0 Å². The highest BCUT2D eigenvalue weighted by Crippen LogP contribution is 2.26. The largest absolute Gasteiger partial charge is 0.497 e. The molecule has 4 rings (SSSR count). The second-order valence-corrected chi connectivity index (χ2v) is 9.55. The summed E-state index contributed by atoms with van der Waals surface area (Å²) in [7, 11) is 3.81. The first-order valence-electron chi connectivity index (χ1n) is 12.2. The van der Waals surface area contributed by atoms with Crippen molar-refractivity contribution in [2.45, 2.75) is 50.6 Å². The first kappa shape index (κ1) is 28.7. The Morgan fingerprint density at radius 1 is 0.912 bits per heavy atom. The van der Waals surface area contributed by atoms with Gasteiger partial charge in [0.1, 0.15) is 12.3 Å². The predicted molar refractivity (Wildman–Crippen MR) is 139 cm³/mol. The second kappa shape index (κ2) is 13.5. The van der Waals surface area contributed by atoms with Gasteiger partial charge >= 0.3 is 0 Å². The zero-order valence-electron chi connectivity index (χ0n) is 20.5. The SMILES string of the molecule is COc1ccc(C(=O)N(CC(=O)N2CCN(C3CCN(C)CC3)CC2)C2CCCC2)cc1.Cl.Cl. The van der Waals surface area contributed by atoms with E-state index in [2.05, 4.69) is 16.8 Å². The molecule has 1 aliphatic carbocycles. The minimum atomic E-state index is -0.0436. The number of hydrogen-bond acceptors (Lipinski definition) is 5. The smallest absolute Gasteiger partial charge is 0.254 e. The van der Waals surface area contributed by atoms with Gasteiger partial charge in [0.05, 0.1) is 7.11 Å². The highest BCUT2D eigenvalue weighted by molar-refractivity contribution is 5.97. The normalized spacial score (nSPS) is 20.4. The summed E-state index contributed by atoms with van der Waals surface area (Å²) in [6.07, 6.45) is 6.66. The number of nitrogens with zero attached hydrogens (tertiary/aromatic N) is 4. The zero-order chi connectivity index (χ0) is 22.5. The van der Waals surface area contributed by atoms with E-state index < -0.39 is 0 Å². The third kappa shape index (κ3) is 7.00. The molecular weight excluding hydrogens is 475 g/mol. The average Bonchev–Trinajstić information content (AvgIpc) is 3.37. The number of methoxy groups -OCH3 is 1. The van der Waals surface area contributed by atoms with Gasteiger partial charge in [-0.15, -0.1) is 24.8 Å². The van der Waals surface area contributed by atoms with Crippen LogP contribution in [0, 0.1) is 0 Å². The molecule has 2 saturated heterocycles. The Kier molecular flexibility index (Phi) is 11.4. The Balaban J connectivity index is 0.00000204.